The lowest BCUT2D eigenvalue weighted by atomic mass is 10.0. The van der Waals surface area contributed by atoms with Crippen molar-refractivity contribution in [3.63, 3.8) is 0 Å². The fourth-order valence-electron chi connectivity index (χ4n) is 2.71. The summed E-state index contributed by atoms with van der Waals surface area (Å²) in [6.45, 7) is 3.53. The molecule has 2 N–H and O–H groups in total. The van der Waals surface area contributed by atoms with Crippen LogP contribution in [0.15, 0.2) is 34.1 Å². The quantitative estimate of drug-likeness (QED) is 0.869. The summed E-state index contributed by atoms with van der Waals surface area (Å²) < 4.78 is 14.6. The molecule has 1 aliphatic rings. The van der Waals surface area contributed by atoms with Gasteiger partial charge in [0.2, 0.25) is 0 Å². The second-order valence-electron chi connectivity index (χ2n) is 5.00. The molecule has 1 aliphatic heterocycles. The molecule has 3 rings (SSSR count). The number of phenols is 1. The first-order valence-electron chi connectivity index (χ1n) is 6.83. The minimum absolute atomic E-state index is 0.128. The summed E-state index contributed by atoms with van der Waals surface area (Å²) in [7, 11) is 0. The zero-order valence-corrected chi connectivity index (χ0v) is 13.8. The highest BCUT2D eigenvalue weighted by Gasteiger charge is 2.29. The summed E-state index contributed by atoms with van der Waals surface area (Å²) in [5.41, 5.74) is 0.611. The highest BCUT2D eigenvalue weighted by Crippen LogP contribution is 2.41. The molecular formula is C15H16BrFN2OS. The molecule has 1 fully saturated rings. The third-order valence-electron chi connectivity index (χ3n) is 3.72. The topological polar surface area (TPSA) is 35.5 Å². The molecule has 1 aromatic heterocycles. The summed E-state index contributed by atoms with van der Waals surface area (Å²) in [6.07, 6.45) is 0. The minimum atomic E-state index is -0.579. The maximum Gasteiger partial charge on any atom is 0.165 e. The zero-order chi connectivity index (χ0) is 14.8. The van der Waals surface area contributed by atoms with Gasteiger partial charge in [0.05, 0.1) is 6.04 Å². The van der Waals surface area contributed by atoms with Crippen molar-refractivity contribution in [1.82, 2.24) is 10.2 Å². The number of piperazine rings is 1. The van der Waals surface area contributed by atoms with Crippen molar-refractivity contribution in [1.29, 1.82) is 0 Å². The molecule has 6 heteroatoms. The third-order valence-corrected chi connectivity index (χ3v) is 5.33. The molecule has 1 saturated heterocycles. The van der Waals surface area contributed by atoms with Crippen molar-refractivity contribution in [2.24, 2.45) is 0 Å². The van der Waals surface area contributed by atoms with E-state index < -0.39 is 5.82 Å². The Morgan fingerprint density at radius 3 is 2.71 bits per heavy atom. The molecule has 2 heterocycles. The fraction of sp³-hybridized carbons (Fsp3) is 0.333. The first kappa shape index (κ1) is 15.0. The molecule has 1 aromatic carbocycles. The Hall–Kier alpha value is -0.950. The van der Waals surface area contributed by atoms with Gasteiger partial charge in [0.15, 0.2) is 11.6 Å². The molecule has 0 amide bonds. The van der Waals surface area contributed by atoms with Gasteiger partial charge in [-0.1, -0.05) is 22.0 Å². The highest BCUT2D eigenvalue weighted by molar-refractivity contribution is 9.10. The number of thiophene rings is 1. The van der Waals surface area contributed by atoms with Gasteiger partial charge < -0.3 is 10.4 Å². The van der Waals surface area contributed by atoms with Crippen LogP contribution in [0.4, 0.5) is 4.39 Å². The summed E-state index contributed by atoms with van der Waals surface area (Å²) in [5, 5.41) is 15.6. The van der Waals surface area contributed by atoms with E-state index in [2.05, 4.69) is 26.1 Å². The molecule has 3 nitrogen and oxygen atoms in total. The zero-order valence-electron chi connectivity index (χ0n) is 11.4. The Labute approximate surface area is 135 Å². The van der Waals surface area contributed by atoms with Gasteiger partial charge in [0.25, 0.3) is 0 Å². The molecule has 0 bridgehead atoms. The smallest absolute Gasteiger partial charge is 0.165 e. The van der Waals surface area contributed by atoms with Gasteiger partial charge in [-0.25, -0.2) is 4.39 Å². The van der Waals surface area contributed by atoms with Crippen LogP contribution in [0, 0.1) is 5.82 Å². The van der Waals surface area contributed by atoms with Gasteiger partial charge in [-0.2, -0.15) is 0 Å². The van der Waals surface area contributed by atoms with Crippen LogP contribution >= 0.6 is 27.3 Å². The van der Waals surface area contributed by atoms with Crippen LogP contribution in [0.25, 0.3) is 0 Å². The van der Waals surface area contributed by atoms with Crippen LogP contribution in [0.1, 0.15) is 16.5 Å². The lowest BCUT2D eigenvalue weighted by molar-refractivity contribution is 0.197. The van der Waals surface area contributed by atoms with Gasteiger partial charge in [0.1, 0.15) is 0 Å². The van der Waals surface area contributed by atoms with E-state index in [1.807, 2.05) is 17.5 Å². The Morgan fingerprint density at radius 2 is 2.05 bits per heavy atom. The number of nitrogens with one attached hydrogen (secondary N) is 1. The molecule has 0 unspecified atom stereocenters. The Balaban J connectivity index is 2.09. The number of aromatic hydroxyl groups is 1. The number of phenolic OH excluding ortho intramolecular Hbond substituents is 1. The van der Waals surface area contributed by atoms with Crippen LogP contribution in [-0.4, -0.2) is 36.2 Å². The van der Waals surface area contributed by atoms with Gasteiger partial charge in [-0.05, 0) is 23.6 Å². The molecular weight excluding hydrogens is 355 g/mol. The van der Waals surface area contributed by atoms with E-state index in [0.29, 0.717) is 5.56 Å². The van der Waals surface area contributed by atoms with Crippen molar-refractivity contribution in [3.05, 3.63) is 50.4 Å². The maximum atomic E-state index is 13.8. The lowest BCUT2D eigenvalue weighted by Crippen LogP contribution is -2.45. The first-order valence-corrected chi connectivity index (χ1v) is 8.51. The van der Waals surface area contributed by atoms with Crippen molar-refractivity contribution < 1.29 is 9.50 Å². The van der Waals surface area contributed by atoms with E-state index in [0.717, 1.165) is 35.5 Å². The standard InChI is InChI=1S/C15H16BrFN2OS/c16-10-3-4-11(17)15(20)13(10)14(12-2-1-9-21-12)19-7-5-18-6-8-19/h1-4,9,14,18,20H,5-8H2/t14-/m0/s1. The molecule has 1 atom stereocenters. The van der Waals surface area contributed by atoms with Crippen LogP contribution in [0.5, 0.6) is 5.75 Å². The number of hydrogen-bond donors (Lipinski definition) is 2. The van der Waals surface area contributed by atoms with Gasteiger partial charge >= 0.3 is 0 Å². The molecule has 0 spiro atoms. The molecule has 2 aromatic rings. The number of halogens is 2. The lowest BCUT2D eigenvalue weighted by Gasteiger charge is -2.35. The van der Waals surface area contributed by atoms with E-state index in [-0.39, 0.29) is 11.8 Å². The Bertz CT molecular complexity index is 614. The van der Waals surface area contributed by atoms with Gasteiger partial charge in [-0.15, -0.1) is 11.3 Å². The number of rotatable bonds is 3. The van der Waals surface area contributed by atoms with Crippen molar-refractivity contribution in [3.8, 4) is 5.75 Å². The second kappa shape index (κ2) is 6.44. The number of nitrogens with zero attached hydrogens (tertiary/aromatic N) is 1. The van der Waals surface area contributed by atoms with Crippen LogP contribution < -0.4 is 5.32 Å². The minimum Gasteiger partial charge on any atom is -0.505 e. The maximum absolute atomic E-state index is 13.8. The van der Waals surface area contributed by atoms with Crippen molar-refractivity contribution in [2.75, 3.05) is 26.2 Å². The predicted molar refractivity (Wildman–Crippen MR) is 86.4 cm³/mol. The number of hydrogen-bond acceptors (Lipinski definition) is 4. The monoisotopic (exact) mass is 370 g/mol. The third kappa shape index (κ3) is 2.99. The van der Waals surface area contributed by atoms with Crippen LogP contribution in [0.2, 0.25) is 0 Å². The summed E-state index contributed by atoms with van der Waals surface area (Å²) >= 11 is 5.10. The average Bonchev–Trinajstić information content (AvgIpc) is 3.02. The van der Waals surface area contributed by atoms with E-state index in [9.17, 15) is 9.50 Å². The Kier molecular flexibility index (Phi) is 4.59. The van der Waals surface area contributed by atoms with Crippen LogP contribution in [-0.2, 0) is 0 Å². The normalized spacial score (nSPS) is 17.8. The van der Waals surface area contributed by atoms with E-state index in [1.165, 1.54) is 6.07 Å². The largest absolute Gasteiger partial charge is 0.505 e. The number of benzene rings is 1. The van der Waals surface area contributed by atoms with Gasteiger partial charge in [0, 0.05) is 41.1 Å². The van der Waals surface area contributed by atoms with E-state index in [1.54, 1.807) is 17.4 Å². The molecule has 112 valence electrons. The van der Waals surface area contributed by atoms with Gasteiger partial charge in [-0.3, -0.25) is 4.90 Å². The first-order chi connectivity index (χ1) is 10.2. The van der Waals surface area contributed by atoms with E-state index >= 15 is 0 Å². The molecule has 0 saturated carbocycles. The fourth-order valence-corrected chi connectivity index (χ4v) is 4.11. The van der Waals surface area contributed by atoms with Crippen LogP contribution in [0.3, 0.4) is 0 Å². The predicted octanol–water partition coefficient (Wildman–Crippen LogP) is 3.35. The van der Waals surface area contributed by atoms with Crippen molar-refractivity contribution in [2.45, 2.75) is 6.04 Å². The average molecular weight is 371 g/mol. The highest BCUT2D eigenvalue weighted by atomic mass is 79.9. The van der Waals surface area contributed by atoms with Crippen molar-refractivity contribution >= 4 is 27.3 Å². The SMILES string of the molecule is Oc1c(F)ccc(Br)c1[C@H](c1cccs1)N1CCNCC1. The summed E-state index contributed by atoms with van der Waals surface area (Å²) in [4.78, 5) is 3.39. The Morgan fingerprint density at radius 1 is 1.29 bits per heavy atom. The molecule has 0 aliphatic carbocycles. The molecule has 21 heavy (non-hydrogen) atoms. The second-order valence-corrected chi connectivity index (χ2v) is 6.83. The molecule has 0 radical (unpaired) electrons. The van der Waals surface area contributed by atoms with E-state index in [4.69, 9.17) is 0 Å². The summed E-state index contributed by atoms with van der Waals surface area (Å²) in [6, 6.07) is 6.84. The summed E-state index contributed by atoms with van der Waals surface area (Å²) in [5.74, 6) is -0.841.